The first-order valence-electron chi connectivity index (χ1n) is 7.48. The SMILES string of the molecule is CCOc1ccc(C)cc1C(C)NC(=O)/C(C#N)=C\NCC(=O)O. The average molecular weight is 331 g/mol. The van der Waals surface area contributed by atoms with E-state index in [0.717, 1.165) is 17.3 Å². The Morgan fingerprint density at radius 1 is 1.46 bits per heavy atom. The first kappa shape index (κ1) is 19.0. The van der Waals surface area contributed by atoms with Crippen molar-refractivity contribution in [2.45, 2.75) is 26.8 Å². The largest absolute Gasteiger partial charge is 0.494 e. The maximum absolute atomic E-state index is 12.2. The summed E-state index contributed by atoms with van der Waals surface area (Å²) in [5, 5.41) is 22.7. The number of nitriles is 1. The van der Waals surface area contributed by atoms with Gasteiger partial charge in [0.1, 0.15) is 23.9 Å². The summed E-state index contributed by atoms with van der Waals surface area (Å²) in [4.78, 5) is 22.6. The van der Waals surface area contributed by atoms with Crippen LogP contribution in [-0.2, 0) is 9.59 Å². The Hall–Kier alpha value is -3.01. The second-order valence-electron chi connectivity index (χ2n) is 5.11. The molecule has 0 heterocycles. The number of aliphatic carboxylic acids is 1. The monoisotopic (exact) mass is 331 g/mol. The lowest BCUT2D eigenvalue weighted by Gasteiger charge is -2.18. The highest BCUT2D eigenvalue weighted by Crippen LogP contribution is 2.26. The zero-order valence-electron chi connectivity index (χ0n) is 13.9. The standard InChI is InChI=1S/C17H21N3O4/c1-4-24-15-6-5-11(2)7-14(15)12(3)20-17(23)13(8-18)9-19-10-16(21)22/h5-7,9,12,19H,4,10H2,1-3H3,(H,20,23)(H,21,22)/b13-9-. The van der Waals surface area contributed by atoms with Crippen molar-refractivity contribution in [1.29, 1.82) is 5.26 Å². The molecule has 7 nitrogen and oxygen atoms in total. The molecule has 1 aromatic rings. The van der Waals surface area contributed by atoms with E-state index in [4.69, 9.17) is 15.1 Å². The number of carboxylic acids is 1. The van der Waals surface area contributed by atoms with Gasteiger partial charge in [-0.1, -0.05) is 17.7 Å². The van der Waals surface area contributed by atoms with Gasteiger partial charge in [0, 0.05) is 11.8 Å². The first-order chi connectivity index (χ1) is 11.4. The van der Waals surface area contributed by atoms with E-state index in [-0.39, 0.29) is 18.2 Å². The van der Waals surface area contributed by atoms with Crippen LogP contribution in [0, 0.1) is 18.3 Å². The molecule has 3 N–H and O–H groups in total. The number of carbonyl (C=O) groups excluding carboxylic acids is 1. The topological polar surface area (TPSA) is 111 Å². The highest BCUT2D eigenvalue weighted by molar-refractivity contribution is 5.97. The molecule has 1 rings (SSSR count). The Labute approximate surface area is 140 Å². The average Bonchev–Trinajstić information content (AvgIpc) is 2.53. The van der Waals surface area contributed by atoms with Gasteiger partial charge in [-0.2, -0.15) is 5.26 Å². The van der Waals surface area contributed by atoms with Crippen molar-refractivity contribution in [2.75, 3.05) is 13.2 Å². The molecule has 0 aliphatic heterocycles. The number of amides is 1. The summed E-state index contributed by atoms with van der Waals surface area (Å²) in [6, 6.07) is 7.03. The van der Waals surface area contributed by atoms with Crippen LogP contribution < -0.4 is 15.4 Å². The number of rotatable bonds is 8. The summed E-state index contributed by atoms with van der Waals surface area (Å²) in [6.07, 6.45) is 1.09. The molecular weight excluding hydrogens is 310 g/mol. The van der Waals surface area contributed by atoms with Crippen LogP contribution in [0.25, 0.3) is 0 Å². The second-order valence-corrected chi connectivity index (χ2v) is 5.11. The Kier molecular flexibility index (Phi) is 7.30. The van der Waals surface area contributed by atoms with Gasteiger partial charge in [-0.25, -0.2) is 0 Å². The predicted molar refractivity (Wildman–Crippen MR) is 88.2 cm³/mol. The quantitative estimate of drug-likeness (QED) is 0.493. The van der Waals surface area contributed by atoms with Gasteiger partial charge in [-0.05, 0) is 26.8 Å². The van der Waals surface area contributed by atoms with Crippen LogP contribution in [0.15, 0.2) is 30.0 Å². The fourth-order valence-corrected chi connectivity index (χ4v) is 2.03. The molecule has 0 fully saturated rings. The van der Waals surface area contributed by atoms with E-state index in [1.807, 2.05) is 32.0 Å². The minimum Gasteiger partial charge on any atom is -0.494 e. The fraction of sp³-hybridized carbons (Fsp3) is 0.353. The normalized spacial score (nSPS) is 12.0. The highest BCUT2D eigenvalue weighted by atomic mass is 16.5. The zero-order valence-corrected chi connectivity index (χ0v) is 13.9. The van der Waals surface area contributed by atoms with Gasteiger partial charge in [0.25, 0.3) is 5.91 Å². The molecule has 0 saturated carbocycles. The van der Waals surface area contributed by atoms with Crippen molar-refractivity contribution in [1.82, 2.24) is 10.6 Å². The van der Waals surface area contributed by atoms with Gasteiger partial charge in [0.05, 0.1) is 12.6 Å². The number of hydrogen-bond donors (Lipinski definition) is 3. The third-order valence-corrected chi connectivity index (χ3v) is 3.14. The van der Waals surface area contributed by atoms with Crippen LogP contribution in [-0.4, -0.2) is 30.1 Å². The van der Waals surface area contributed by atoms with Gasteiger partial charge in [-0.3, -0.25) is 9.59 Å². The Morgan fingerprint density at radius 3 is 2.75 bits per heavy atom. The van der Waals surface area contributed by atoms with Gasteiger partial charge in [-0.15, -0.1) is 0 Å². The van der Waals surface area contributed by atoms with Crippen LogP contribution in [0.4, 0.5) is 0 Å². The van der Waals surface area contributed by atoms with Crippen molar-refractivity contribution < 1.29 is 19.4 Å². The van der Waals surface area contributed by atoms with Crippen LogP contribution in [0.5, 0.6) is 5.75 Å². The maximum atomic E-state index is 12.2. The zero-order chi connectivity index (χ0) is 18.1. The first-order valence-corrected chi connectivity index (χ1v) is 7.48. The number of benzene rings is 1. The third kappa shape index (κ3) is 5.65. The Morgan fingerprint density at radius 2 is 2.17 bits per heavy atom. The van der Waals surface area contributed by atoms with Crippen molar-refractivity contribution in [2.24, 2.45) is 0 Å². The van der Waals surface area contributed by atoms with E-state index in [1.54, 1.807) is 13.0 Å². The summed E-state index contributed by atoms with van der Waals surface area (Å²) in [5.74, 6) is -1.01. The summed E-state index contributed by atoms with van der Waals surface area (Å²) in [7, 11) is 0. The van der Waals surface area contributed by atoms with E-state index in [9.17, 15) is 9.59 Å². The molecule has 128 valence electrons. The molecule has 1 amide bonds. The molecule has 0 radical (unpaired) electrons. The molecule has 24 heavy (non-hydrogen) atoms. The predicted octanol–water partition coefficient (Wildman–Crippen LogP) is 1.65. The number of nitrogens with one attached hydrogen (secondary N) is 2. The van der Waals surface area contributed by atoms with Crippen LogP contribution in [0.2, 0.25) is 0 Å². The summed E-state index contributed by atoms with van der Waals surface area (Å²) in [5.41, 5.74) is 1.63. The van der Waals surface area contributed by atoms with E-state index < -0.39 is 11.9 Å². The molecule has 1 aromatic carbocycles. The molecule has 0 spiro atoms. The van der Waals surface area contributed by atoms with Gasteiger partial charge < -0.3 is 20.5 Å². The van der Waals surface area contributed by atoms with Crippen molar-refractivity contribution in [3.05, 3.63) is 41.1 Å². The molecule has 0 aromatic heterocycles. The second kappa shape index (κ2) is 9.20. The number of nitrogens with zero attached hydrogens (tertiary/aromatic N) is 1. The lowest BCUT2D eigenvalue weighted by atomic mass is 10.0. The maximum Gasteiger partial charge on any atom is 0.322 e. The lowest BCUT2D eigenvalue weighted by molar-refractivity contribution is -0.135. The number of aryl methyl sites for hydroxylation is 1. The summed E-state index contributed by atoms with van der Waals surface area (Å²) >= 11 is 0. The van der Waals surface area contributed by atoms with E-state index >= 15 is 0 Å². The molecule has 1 atom stereocenters. The minimum absolute atomic E-state index is 0.200. The number of carboxylic acid groups (broad SMARTS) is 1. The highest BCUT2D eigenvalue weighted by Gasteiger charge is 2.17. The number of carbonyl (C=O) groups is 2. The van der Waals surface area contributed by atoms with Crippen molar-refractivity contribution >= 4 is 11.9 Å². The van der Waals surface area contributed by atoms with E-state index in [2.05, 4.69) is 10.6 Å². The number of hydrogen-bond acceptors (Lipinski definition) is 5. The van der Waals surface area contributed by atoms with Gasteiger partial charge >= 0.3 is 5.97 Å². The van der Waals surface area contributed by atoms with Crippen LogP contribution >= 0.6 is 0 Å². The summed E-state index contributed by atoms with van der Waals surface area (Å²) < 4.78 is 5.56. The van der Waals surface area contributed by atoms with Gasteiger partial charge in [0.2, 0.25) is 0 Å². The van der Waals surface area contributed by atoms with Crippen molar-refractivity contribution in [3.63, 3.8) is 0 Å². The Balaban J connectivity index is 2.88. The molecule has 0 bridgehead atoms. The van der Waals surface area contributed by atoms with Gasteiger partial charge in [0.15, 0.2) is 0 Å². The molecule has 0 aliphatic carbocycles. The Bertz CT molecular complexity index is 677. The smallest absolute Gasteiger partial charge is 0.322 e. The summed E-state index contributed by atoms with van der Waals surface area (Å²) in [6.45, 7) is 5.72. The molecule has 0 saturated heterocycles. The number of ether oxygens (including phenoxy) is 1. The fourth-order valence-electron chi connectivity index (χ4n) is 2.03. The lowest BCUT2D eigenvalue weighted by Crippen LogP contribution is -2.29. The molecule has 1 unspecified atom stereocenters. The molecule has 7 heteroatoms. The van der Waals surface area contributed by atoms with Crippen LogP contribution in [0.1, 0.15) is 31.0 Å². The van der Waals surface area contributed by atoms with Crippen molar-refractivity contribution in [3.8, 4) is 11.8 Å². The molecule has 0 aliphatic rings. The minimum atomic E-state index is -1.08. The third-order valence-electron chi connectivity index (χ3n) is 3.14. The molecular formula is C17H21N3O4. The van der Waals surface area contributed by atoms with E-state index in [0.29, 0.717) is 12.4 Å². The van der Waals surface area contributed by atoms with E-state index in [1.165, 1.54) is 0 Å². The van der Waals surface area contributed by atoms with Crippen LogP contribution in [0.3, 0.4) is 0 Å².